The second-order valence-corrected chi connectivity index (χ2v) is 12.9. The van der Waals surface area contributed by atoms with Crippen LogP contribution in [0.1, 0.15) is 25.0 Å². The summed E-state index contributed by atoms with van der Waals surface area (Å²) in [6.07, 6.45) is 0. The molecule has 0 amide bonds. The van der Waals surface area contributed by atoms with Gasteiger partial charge in [-0.3, -0.25) is 0 Å². The van der Waals surface area contributed by atoms with E-state index in [9.17, 15) is 0 Å². The molecule has 2 aromatic heterocycles. The second kappa shape index (κ2) is 9.12. The Morgan fingerprint density at radius 3 is 2.02 bits per heavy atom. The van der Waals surface area contributed by atoms with Gasteiger partial charge in [-0.25, -0.2) is 0 Å². The summed E-state index contributed by atoms with van der Waals surface area (Å²) in [5, 5.41) is 6.52. The minimum absolute atomic E-state index is 0.110. The van der Waals surface area contributed by atoms with Crippen LogP contribution in [-0.4, -0.2) is 0 Å². The standard InChI is InChI=1S/C43H29NO2/c1-43(2)34-20-10-8-15-28(34)29-24-23-27(25-35(29)43)44(26-13-4-3-5-14-26)36-21-12-19-33-39-41(46-40(33)36)31-17-7-6-16-30(31)38-32-18-9-11-22-37(32)45-42(38)39/h3-25H,1-2H3. The summed E-state index contributed by atoms with van der Waals surface area (Å²) in [5.41, 5.74) is 11.8. The SMILES string of the molecule is CC1(C)c2ccccc2-c2ccc(N(c3ccccc3)c3cccc4c3oc3c5ccccc5c5c6ccccc6oc5c43)cc21. The van der Waals surface area contributed by atoms with Crippen LogP contribution in [0.3, 0.4) is 0 Å². The zero-order chi connectivity index (χ0) is 30.6. The maximum Gasteiger partial charge on any atom is 0.159 e. The average Bonchev–Trinajstić information content (AvgIpc) is 3.75. The first-order valence-electron chi connectivity index (χ1n) is 15.9. The number of furan rings is 2. The number of fused-ring (bicyclic) bond motifs is 13. The van der Waals surface area contributed by atoms with Crippen LogP contribution in [0.25, 0.3) is 65.8 Å². The molecule has 0 saturated carbocycles. The maximum absolute atomic E-state index is 7.01. The smallest absolute Gasteiger partial charge is 0.159 e. The quantitative estimate of drug-likeness (QED) is 0.205. The van der Waals surface area contributed by atoms with Crippen LogP contribution in [-0.2, 0) is 5.41 Å². The molecule has 0 fully saturated rings. The van der Waals surface area contributed by atoms with Crippen molar-refractivity contribution in [2.24, 2.45) is 0 Å². The molecule has 0 saturated heterocycles. The molecule has 10 rings (SSSR count). The van der Waals surface area contributed by atoms with Gasteiger partial charge >= 0.3 is 0 Å². The summed E-state index contributed by atoms with van der Waals surface area (Å²) < 4.78 is 13.6. The number of benzene rings is 7. The van der Waals surface area contributed by atoms with E-state index >= 15 is 0 Å². The van der Waals surface area contributed by atoms with E-state index < -0.39 is 0 Å². The van der Waals surface area contributed by atoms with E-state index in [4.69, 9.17) is 8.83 Å². The van der Waals surface area contributed by atoms with Gasteiger partial charge in [0.25, 0.3) is 0 Å². The Labute approximate surface area is 265 Å². The summed E-state index contributed by atoms with van der Waals surface area (Å²) >= 11 is 0. The normalized spacial score (nSPS) is 13.6. The average molecular weight is 592 g/mol. The lowest BCUT2D eigenvalue weighted by Gasteiger charge is -2.28. The van der Waals surface area contributed by atoms with Crippen LogP contribution in [0.15, 0.2) is 148 Å². The summed E-state index contributed by atoms with van der Waals surface area (Å²) in [6.45, 7) is 4.66. The first-order valence-corrected chi connectivity index (χ1v) is 15.9. The Kier molecular flexibility index (Phi) is 5.06. The highest BCUT2D eigenvalue weighted by molar-refractivity contribution is 6.34. The lowest BCUT2D eigenvalue weighted by Crippen LogP contribution is -2.16. The number of rotatable bonds is 3. The van der Waals surface area contributed by atoms with Crippen LogP contribution in [0.4, 0.5) is 17.1 Å². The van der Waals surface area contributed by atoms with Crippen molar-refractivity contribution in [3.8, 4) is 11.1 Å². The zero-order valence-electron chi connectivity index (χ0n) is 25.5. The number of hydrogen-bond acceptors (Lipinski definition) is 3. The van der Waals surface area contributed by atoms with Crippen molar-refractivity contribution >= 4 is 71.7 Å². The Morgan fingerprint density at radius 1 is 0.457 bits per heavy atom. The Balaban J connectivity index is 1.29. The molecule has 46 heavy (non-hydrogen) atoms. The van der Waals surface area contributed by atoms with Crippen LogP contribution in [0, 0.1) is 0 Å². The molecular formula is C43H29NO2. The fourth-order valence-corrected chi connectivity index (χ4v) is 7.92. The first kappa shape index (κ1) is 25.5. The van der Waals surface area contributed by atoms with E-state index in [-0.39, 0.29) is 5.41 Å². The summed E-state index contributed by atoms with van der Waals surface area (Å²) in [4.78, 5) is 2.34. The van der Waals surface area contributed by atoms with Gasteiger partial charge in [-0.1, -0.05) is 117 Å². The molecule has 3 heteroatoms. The minimum Gasteiger partial charge on any atom is -0.455 e. The Morgan fingerprint density at radius 2 is 1.15 bits per heavy atom. The fraction of sp³-hybridized carbons (Fsp3) is 0.0698. The lowest BCUT2D eigenvalue weighted by molar-refractivity contribution is 0.660. The van der Waals surface area contributed by atoms with E-state index in [2.05, 4.69) is 152 Å². The van der Waals surface area contributed by atoms with Crippen molar-refractivity contribution in [1.29, 1.82) is 0 Å². The van der Waals surface area contributed by atoms with Gasteiger partial charge in [-0.05, 0) is 64.0 Å². The molecule has 218 valence electrons. The van der Waals surface area contributed by atoms with Crippen molar-refractivity contribution in [2.75, 3.05) is 4.90 Å². The number of hydrogen-bond donors (Lipinski definition) is 0. The number of para-hydroxylation sites is 3. The highest BCUT2D eigenvalue weighted by Gasteiger charge is 2.36. The predicted molar refractivity (Wildman–Crippen MR) is 191 cm³/mol. The fourth-order valence-electron chi connectivity index (χ4n) is 7.92. The topological polar surface area (TPSA) is 29.5 Å². The molecule has 9 aromatic rings. The molecule has 2 heterocycles. The summed E-state index contributed by atoms with van der Waals surface area (Å²) in [5.74, 6) is 0. The van der Waals surface area contributed by atoms with Crippen LogP contribution >= 0.6 is 0 Å². The molecule has 3 nitrogen and oxygen atoms in total. The number of nitrogens with zero attached hydrogens (tertiary/aromatic N) is 1. The van der Waals surface area contributed by atoms with Crippen LogP contribution in [0.2, 0.25) is 0 Å². The Bertz CT molecular complexity index is 2670. The van der Waals surface area contributed by atoms with Gasteiger partial charge in [0.05, 0.1) is 11.1 Å². The van der Waals surface area contributed by atoms with Gasteiger partial charge in [0.2, 0.25) is 0 Å². The predicted octanol–water partition coefficient (Wildman–Crippen LogP) is 12.4. The van der Waals surface area contributed by atoms with E-state index in [1.54, 1.807) is 0 Å². The highest BCUT2D eigenvalue weighted by Crippen LogP contribution is 2.52. The van der Waals surface area contributed by atoms with E-state index in [1.165, 1.54) is 22.3 Å². The molecule has 0 spiro atoms. The molecule has 0 bridgehead atoms. The van der Waals surface area contributed by atoms with E-state index in [0.29, 0.717) is 0 Å². The van der Waals surface area contributed by atoms with E-state index in [1.807, 2.05) is 6.07 Å². The molecule has 0 aliphatic heterocycles. The molecule has 0 atom stereocenters. The van der Waals surface area contributed by atoms with Gasteiger partial charge in [0, 0.05) is 38.3 Å². The monoisotopic (exact) mass is 591 g/mol. The Hall–Kier alpha value is -5.80. The van der Waals surface area contributed by atoms with Gasteiger partial charge in [-0.15, -0.1) is 0 Å². The maximum atomic E-state index is 7.01. The third-order valence-electron chi connectivity index (χ3n) is 10.0. The lowest BCUT2D eigenvalue weighted by atomic mass is 9.82. The van der Waals surface area contributed by atoms with Gasteiger partial charge in [-0.2, -0.15) is 0 Å². The van der Waals surface area contributed by atoms with Gasteiger partial charge < -0.3 is 13.7 Å². The van der Waals surface area contributed by atoms with Crippen molar-refractivity contribution in [3.05, 3.63) is 151 Å². The molecule has 7 aromatic carbocycles. The van der Waals surface area contributed by atoms with Crippen LogP contribution in [0.5, 0.6) is 0 Å². The second-order valence-electron chi connectivity index (χ2n) is 12.9. The summed E-state index contributed by atoms with van der Waals surface area (Å²) in [6, 6.07) is 49.6. The molecule has 1 aliphatic carbocycles. The molecule has 1 aliphatic rings. The van der Waals surface area contributed by atoms with Gasteiger partial charge in [0.1, 0.15) is 16.7 Å². The third-order valence-corrected chi connectivity index (χ3v) is 10.0. The molecule has 0 radical (unpaired) electrons. The zero-order valence-corrected chi connectivity index (χ0v) is 25.5. The van der Waals surface area contributed by atoms with Crippen molar-refractivity contribution < 1.29 is 8.83 Å². The largest absolute Gasteiger partial charge is 0.455 e. The van der Waals surface area contributed by atoms with Gasteiger partial charge in [0.15, 0.2) is 5.58 Å². The molecule has 0 unspecified atom stereocenters. The molecular weight excluding hydrogens is 562 g/mol. The van der Waals surface area contributed by atoms with Crippen molar-refractivity contribution in [2.45, 2.75) is 19.3 Å². The summed E-state index contributed by atoms with van der Waals surface area (Å²) in [7, 11) is 0. The van der Waals surface area contributed by atoms with E-state index in [0.717, 1.165) is 71.7 Å². The third kappa shape index (κ3) is 3.32. The number of anilines is 3. The van der Waals surface area contributed by atoms with Crippen LogP contribution < -0.4 is 4.90 Å². The first-order chi connectivity index (χ1) is 22.6. The molecule has 0 N–H and O–H groups in total. The van der Waals surface area contributed by atoms with Crippen molar-refractivity contribution in [3.63, 3.8) is 0 Å². The highest BCUT2D eigenvalue weighted by atomic mass is 16.3. The van der Waals surface area contributed by atoms with Crippen molar-refractivity contribution in [1.82, 2.24) is 0 Å². The minimum atomic E-state index is -0.110.